The summed E-state index contributed by atoms with van der Waals surface area (Å²) >= 11 is 4.89. The van der Waals surface area contributed by atoms with E-state index in [4.69, 9.17) is 18.0 Å². The molecular weight excluding hydrogens is 242 g/mol. The highest BCUT2D eigenvalue weighted by Crippen LogP contribution is 2.20. The summed E-state index contributed by atoms with van der Waals surface area (Å²) in [6.45, 7) is 4.12. The molecule has 0 saturated heterocycles. The van der Waals surface area contributed by atoms with Gasteiger partial charge in [-0.25, -0.2) is 4.98 Å². The SMILES string of the molecule is Cc1ccc(C)c(Nc2ccc(C(N)=S)cn2)c1. The summed E-state index contributed by atoms with van der Waals surface area (Å²) in [6.07, 6.45) is 1.68. The number of aromatic nitrogens is 1. The fourth-order valence-corrected chi connectivity index (χ4v) is 1.74. The Labute approximate surface area is 112 Å². The van der Waals surface area contributed by atoms with Crippen molar-refractivity contribution in [3.05, 3.63) is 53.2 Å². The van der Waals surface area contributed by atoms with Gasteiger partial charge in [-0.05, 0) is 43.2 Å². The maximum atomic E-state index is 5.53. The van der Waals surface area contributed by atoms with Crippen molar-refractivity contribution in [1.29, 1.82) is 0 Å². The maximum Gasteiger partial charge on any atom is 0.130 e. The number of hydrogen-bond acceptors (Lipinski definition) is 3. The van der Waals surface area contributed by atoms with E-state index in [1.165, 1.54) is 11.1 Å². The molecule has 2 aromatic rings. The minimum absolute atomic E-state index is 0.362. The zero-order valence-electron chi connectivity index (χ0n) is 10.4. The molecule has 92 valence electrons. The van der Waals surface area contributed by atoms with Crippen molar-refractivity contribution in [2.45, 2.75) is 13.8 Å². The smallest absolute Gasteiger partial charge is 0.130 e. The summed E-state index contributed by atoms with van der Waals surface area (Å²) in [6, 6.07) is 10.0. The van der Waals surface area contributed by atoms with Gasteiger partial charge in [-0.3, -0.25) is 0 Å². The molecule has 1 aromatic carbocycles. The van der Waals surface area contributed by atoms with Crippen molar-refractivity contribution in [1.82, 2.24) is 4.98 Å². The molecule has 0 bridgehead atoms. The monoisotopic (exact) mass is 257 g/mol. The van der Waals surface area contributed by atoms with E-state index in [1.54, 1.807) is 6.20 Å². The molecule has 0 atom stereocenters. The molecule has 1 heterocycles. The normalized spacial score (nSPS) is 10.1. The van der Waals surface area contributed by atoms with Crippen LogP contribution in [-0.4, -0.2) is 9.97 Å². The van der Waals surface area contributed by atoms with E-state index >= 15 is 0 Å². The summed E-state index contributed by atoms with van der Waals surface area (Å²) in [4.78, 5) is 4.65. The quantitative estimate of drug-likeness (QED) is 0.830. The lowest BCUT2D eigenvalue weighted by Gasteiger charge is -2.10. The number of rotatable bonds is 3. The van der Waals surface area contributed by atoms with Gasteiger partial charge in [0.05, 0.1) is 0 Å². The van der Waals surface area contributed by atoms with Crippen molar-refractivity contribution in [2.75, 3.05) is 5.32 Å². The van der Waals surface area contributed by atoms with E-state index in [1.807, 2.05) is 12.1 Å². The molecule has 0 aliphatic rings. The van der Waals surface area contributed by atoms with E-state index < -0.39 is 0 Å². The van der Waals surface area contributed by atoms with Gasteiger partial charge in [-0.15, -0.1) is 0 Å². The standard InChI is InChI=1S/C14H15N3S/c1-9-3-4-10(2)12(7-9)17-13-6-5-11(8-16-13)14(15)18/h3-8H,1-2H3,(H2,15,18)(H,16,17). The molecule has 0 fully saturated rings. The van der Waals surface area contributed by atoms with E-state index in [0.717, 1.165) is 17.1 Å². The van der Waals surface area contributed by atoms with Gasteiger partial charge in [0.1, 0.15) is 10.8 Å². The van der Waals surface area contributed by atoms with Gasteiger partial charge in [0.15, 0.2) is 0 Å². The fraction of sp³-hybridized carbons (Fsp3) is 0.143. The molecule has 2 rings (SSSR count). The predicted octanol–water partition coefficient (Wildman–Crippen LogP) is 3.08. The van der Waals surface area contributed by atoms with Crippen molar-refractivity contribution in [3.63, 3.8) is 0 Å². The van der Waals surface area contributed by atoms with Crippen molar-refractivity contribution in [2.24, 2.45) is 5.73 Å². The first-order chi connectivity index (χ1) is 8.56. The van der Waals surface area contributed by atoms with Crippen LogP contribution in [0.4, 0.5) is 11.5 Å². The van der Waals surface area contributed by atoms with Crippen molar-refractivity contribution >= 4 is 28.7 Å². The number of anilines is 2. The summed E-state index contributed by atoms with van der Waals surface area (Å²) in [5, 5.41) is 3.28. The second kappa shape index (κ2) is 5.14. The average molecular weight is 257 g/mol. The van der Waals surface area contributed by atoms with Crippen LogP contribution in [-0.2, 0) is 0 Å². The Bertz CT molecular complexity index is 576. The van der Waals surface area contributed by atoms with Gasteiger partial charge in [0, 0.05) is 17.4 Å². The molecule has 0 unspecified atom stereocenters. The third kappa shape index (κ3) is 2.84. The average Bonchev–Trinajstić information content (AvgIpc) is 2.34. The molecular formula is C14H15N3S. The molecule has 0 spiro atoms. The topological polar surface area (TPSA) is 50.9 Å². The van der Waals surface area contributed by atoms with E-state index in [-0.39, 0.29) is 0 Å². The van der Waals surface area contributed by atoms with Gasteiger partial charge in [-0.1, -0.05) is 24.4 Å². The number of nitrogens with one attached hydrogen (secondary N) is 1. The van der Waals surface area contributed by atoms with Crippen LogP contribution >= 0.6 is 12.2 Å². The van der Waals surface area contributed by atoms with Gasteiger partial charge >= 0.3 is 0 Å². The Kier molecular flexibility index (Phi) is 3.58. The molecule has 0 radical (unpaired) electrons. The van der Waals surface area contributed by atoms with E-state index in [2.05, 4.69) is 42.3 Å². The highest BCUT2D eigenvalue weighted by molar-refractivity contribution is 7.80. The van der Waals surface area contributed by atoms with E-state index in [9.17, 15) is 0 Å². The summed E-state index contributed by atoms with van der Waals surface area (Å²) in [5.74, 6) is 0.781. The summed E-state index contributed by atoms with van der Waals surface area (Å²) < 4.78 is 0. The lowest BCUT2D eigenvalue weighted by Crippen LogP contribution is -2.09. The van der Waals surface area contributed by atoms with E-state index in [0.29, 0.717) is 4.99 Å². The lowest BCUT2D eigenvalue weighted by atomic mass is 10.1. The molecule has 18 heavy (non-hydrogen) atoms. The number of aryl methyl sites for hydroxylation is 2. The van der Waals surface area contributed by atoms with Crippen LogP contribution in [0.5, 0.6) is 0 Å². The number of nitrogens with two attached hydrogens (primary N) is 1. The Balaban J connectivity index is 2.23. The molecule has 3 nitrogen and oxygen atoms in total. The molecule has 4 heteroatoms. The molecule has 0 aliphatic carbocycles. The Hall–Kier alpha value is -1.94. The lowest BCUT2D eigenvalue weighted by molar-refractivity contribution is 1.28. The molecule has 1 aromatic heterocycles. The van der Waals surface area contributed by atoms with Gasteiger partial charge < -0.3 is 11.1 Å². The number of nitrogens with zero attached hydrogens (tertiary/aromatic N) is 1. The van der Waals surface area contributed by atoms with Gasteiger partial charge in [0.25, 0.3) is 0 Å². The van der Waals surface area contributed by atoms with Crippen LogP contribution in [0.2, 0.25) is 0 Å². The Morgan fingerprint density at radius 2 is 2.00 bits per heavy atom. The third-order valence-corrected chi connectivity index (χ3v) is 2.94. The number of benzene rings is 1. The number of pyridine rings is 1. The highest BCUT2D eigenvalue weighted by atomic mass is 32.1. The molecule has 0 saturated carbocycles. The molecule has 3 N–H and O–H groups in total. The fourth-order valence-electron chi connectivity index (χ4n) is 1.62. The van der Waals surface area contributed by atoms with Crippen LogP contribution < -0.4 is 11.1 Å². The summed E-state index contributed by atoms with van der Waals surface area (Å²) in [7, 11) is 0. The number of hydrogen-bond donors (Lipinski definition) is 2. The van der Waals surface area contributed by atoms with Crippen LogP contribution in [0.25, 0.3) is 0 Å². The number of thiocarbonyl (C=S) groups is 1. The first-order valence-corrected chi connectivity index (χ1v) is 6.07. The van der Waals surface area contributed by atoms with Crippen molar-refractivity contribution in [3.8, 4) is 0 Å². The predicted molar refractivity (Wildman–Crippen MR) is 79.3 cm³/mol. The first-order valence-electron chi connectivity index (χ1n) is 5.66. The third-order valence-electron chi connectivity index (χ3n) is 2.70. The van der Waals surface area contributed by atoms with Crippen LogP contribution in [0, 0.1) is 13.8 Å². The first kappa shape index (κ1) is 12.5. The largest absolute Gasteiger partial charge is 0.389 e. The van der Waals surface area contributed by atoms with Gasteiger partial charge in [0.2, 0.25) is 0 Å². The van der Waals surface area contributed by atoms with Crippen molar-refractivity contribution < 1.29 is 0 Å². The Morgan fingerprint density at radius 3 is 2.61 bits per heavy atom. The van der Waals surface area contributed by atoms with Crippen LogP contribution in [0.15, 0.2) is 36.5 Å². The molecule has 0 aliphatic heterocycles. The zero-order valence-corrected chi connectivity index (χ0v) is 11.2. The second-order valence-corrected chi connectivity index (χ2v) is 4.68. The Morgan fingerprint density at radius 1 is 1.22 bits per heavy atom. The minimum atomic E-state index is 0.362. The van der Waals surface area contributed by atoms with Crippen LogP contribution in [0.3, 0.4) is 0 Å². The minimum Gasteiger partial charge on any atom is -0.389 e. The van der Waals surface area contributed by atoms with Crippen LogP contribution in [0.1, 0.15) is 16.7 Å². The highest BCUT2D eigenvalue weighted by Gasteiger charge is 2.01. The summed E-state index contributed by atoms with van der Waals surface area (Å²) in [5.41, 5.74) is 9.76. The maximum absolute atomic E-state index is 5.53. The van der Waals surface area contributed by atoms with Gasteiger partial charge in [-0.2, -0.15) is 0 Å². The second-order valence-electron chi connectivity index (χ2n) is 4.24. The molecule has 0 amide bonds. The zero-order chi connectivity index (χ0) is 13.1.